The number of aliphatic hydroxyl groups is 1. The molecule has 0 saturated carbocycles. The quantitative estimate of drug-likeness (QED) is 0.584. The third-order valence-electron chi connectivity index (χ3n) is 4.40. The van der Waals surface area contributed by atoms with Crippen molar-refractivity contribution in [3.63, 3.8) is 0 Å². The summed E-state index contributed by atoms with van der Waals surface area (Å²) in [6, 6.07) is 11.3. The molecule has 1 aromatic heterocycles. The summed E-state index contributed by atoms with van der Waals surface area (Å²) in [5.74, 6) is -2.20. The molecule has 0 fully saturated rings. The average Bonchev–Trinajstić information content (AvgIpc) is 3.02. The van der Waals surface area contributed by atoms with Crippen molar-refractivity contribution in [2.24, 2.45) is 7.05 Å². The van der Waals surface area contributed by atoms with Crippen LogP contribution in [0, 0.1) is 0 Å². The number of amides is 2. The molecule has 0 aliphatic carbocycles. The number of alkyl halides is 3. The number of fused-ring (bicyclic) bond motifs is 1. The van der Waals surface area contributed by atoms with Gasteiger partial charge in [-0.1, -0.05) is 24.3 Å². The van der Waals surface area contributed by atoms with Crippen molar-refractivity contribution in [1.82, 2.24) is 9.88 Å². The van der Waals surface area contributed by atoms with Gasteiger partial charge in [-0.15, -0.1) is 0 Å². The molecule has 2 aromatic carbocycles. The zero-order valence-corrected chi connectivity index (χ0v) is 15.3. The molecule has 1 atom stereocenters. The molecule has 2 amide bonds. The molecule has 0 aliphatic rings. The second kappa shape index (κ2) is 7.96. The van der Waals surface area contributed by atoms with Crippen LogP contribution >= 0.6 is 0 Å². The van der Waals surface area contributed by atoms with E-state index in [1.165, 1.54) is 6.07 Å². The minimum atomic E-state index is -4.56. The van der Waals surface area contributed by atoms with Crippen LogP contribution in [0.15, 0.2) is 54.7 Å². The fraction of sp³-hybridized carbons (Fsp3) is 0.200. The van der Waals surface area contributed by atoms with Crippen LogP contribution in [-0.2, 0) is 22.8 Å². The Morgan fingerprint density at radius 2 is 1.83 bits per heavy atom. The van der Waals surface area contributed by atoms with Crippen LogP contribution in [0.5, 0.6) is 0 Å². The standard InChI is InChI=1S/C20H18F3N3O3/c1-26-11-15(14-7-2-3-8-16(14)26)17(27)10-24-18(28)19(29)25-13-6-4-5-12(9-13)20(21,22)23/h2-9,11,17,27H,10H2,1H3,(H,24,28)(H,25,29)/t17-/m1/s1. The molecule has 152 valence electrons. The summed E-state index contributed by atoms with van der Waals surface area (Å²) >= 11 is 0. The number of para-hydroxylation sites is 1. The number of aryl methyl sites for hydroxylation is 1. The summed E-state index contributed by atoms with van der Waals surface area (Å²) in [4.78, 5) is 23.9. The fourth-order valence-corrected chi connectivity index (χ4v) is 2.98. The predicted molar refractivity (Wildman–Crippen MR) is 101 cm³/mol. The summed E-state index contributed by atoms with van der Waals surface area (Å²) in [5.41, 5.74) is 0.383. The number of aromatic nitrogens is 1. The first-order valence-electron chi connectivity index (χ1n) is 8.65. The molecule has 0 aliphatic heterocycles. The first kappa shape index (κ1) is 20.4. The Kier molecular flexibility index (Phi) is 5.60. The zero-order chi connectivity index (χ0) is 21.2. The normalized spacial score (nSPS) is 12.6. The van der Waals surface area contributed by atoms with Crippen molar-refractivity contribution in [1.29, 1.82) is 0 Å². The van der Waals surface area contributed by atoms with Crippen molar-refractivity contribution in [3.8, 4) is 0 Å². The van der Waals surface area contributed by atoms with Gasteiger partial charge in [-0.2, -0.15) is 13.2 Å². The van der Waals surface area contributed by atoms with Crippen molar-refractivity contribution in [3.05, 3.63) is 65.9 Å². The van der Waals surface area contributed by atoms with Crippen LogP contribution < -0.4 is 10.6 Å². The number of carbonyl (C=O) groups excluding carboxylic acids is 2. The van der Waals surface area contributed by atoms with Crippen molar-refractivity contribution in [2.45, 2.75) is 12.3 Å². The maximum absolute atomic E-state index is 12.7. The number of halogens is 3. The number of nitrogens with one attached hydrogen (secondary N) is 2. The maximum atomic E-state index is 12.7. The van der Waals surface area contributed by atoms with Gasteiger partial charge in [-0.05, 0) is 24.3 Å². The lowest BCUT2D eigenvalue weighted by molar-refractivity contribution is -0.137. The Hall–Kier alpha value is -3.33. The monoisotopic (exact) mass is 405 g/mol. The molecular weight excluding hydrogens is 387 g/mol. The Labute approximate surface area is 163 Å². The number of carbonyl (C=O) groups is 2. The van der Waals surface area contributed by atoms with Crippen LogP contribution in [-0.4, -0.2) is 28.0 Å². The van der Waals surface area contributed by atoms with Gasteiger partial charge in [0, 0.05) is 41.9 Å². The first-order valence-corrected chi connectivity index (χ1v) is 8.65. The Bertz CT molecular complexity index is 1060. The maximum Gasteiger partial charge on any atom is 0.416 e. The van der Waals surface area contributed by atoms with Crippen LogP contribution in [0.3, 0.4) is 0 Å². The largest absolute Gasteiger partial charge is 0.416 e. The number of aliphatic hydroxyl groups excluding tert-OH is 1. The number of hydrogen-bond donors (Lipinski definition) is 3. The number of rotatable bonds is 4. The highest BCUT2D eigenvalue weighted by molar-refractivity contribution is 6.39. The summed E-state index contributed by atoms with van der Waals surface area (Å²) in [6.45, 7) is -0.233. The molecule has 0 saturated heterocycles. The summed E-state index contributed by atoms with van der Waals surface area (Å²) in [7, 11) is 1.82. The third-order valence-corrected chi connectivity index (χ3v) is 4.40. The van der Waals surface area contributed by atoms with Crippen LogP contribution in [0.2, 0.25) is 0 Å². The number of nitrogens with zero attached hydrogens (tertiary/aromatic N) is 1. The molecule has 3 N–H and O–H groups in total. The van der Waals surface area contributed by atoms with Crippen LogP contribution in [0.4, 0.5) is 18.9 Å². The second-order valence-electron chi connectivity index (χ2n) is 6.47. The smallest absolute Gasteiger partial charge is 0.386 e. The molecule has 0 radical (unpaired) electrons. The second-order valence-corrected chi connectivity index (χ2v) is 6.47. The number of anilines is 1. The Balaban J connectivity index is 1.62. The summed E-state index contributed by atoms with van der Waals surface area (Å²) < 4.78 is 40.0. The lowest BCUT2D eigenvalue weighted by Gasteiger charge is -2.12. The molecule has 29 heavy (non-hydrogen) atoms. The van der Waals surface area contributed by atoms with E-state index >= 15 is 0 Å². The Morgan fingerprint density at radius 3 is 2.55 bits per heavy atom. The summed E-state index contributed by atoms with van der Waals surface area (Å²) in [5, 5.41) is 15.6. The van der Waals surface area contributed by atoms with Crippen molar-refractivity contribution < 1.29 is 27.9 Å². The van der Waals surface area contributed by atoms with E-state index in [2.05, 4.69) is 10.6 Å². The third kappa shape index (κ3) is 4.57. The first-order chi connectivity index (χ1) is 13.7. The molecule has 3 rings (SSSR count). The van der Waals surface area contributed by atoms with Gasteiger partial charge in [-0.25, -0.2) is 0 Å². The minimum Gasteiger partial charge on any atom is -0.386 e. The van der Waals surface area contributed by atoms with E-state index in [1.807, 2.05) is 35.9 Å². The molecule has 0 bridgehead atoms. The predicted octanol–water partition coefficient (Wildman–Crippen LogP) is 2.99. The summed E-state index contributed by atoms with van der Waals surface area (Å²) in [6.07, 6.45) is -3.90. The van der Waals surface area contributed by atoms with Gasteiger partial charge in [0.2, 0.25) is 0 Å². The van der Waals surface area contributed by atoms with Crippen molar-refractivity contribution >= 4 is 28.4 Å². The molecule has 6 nitrogen and oxygen atoms in total. The molecule has 3 aromatic rings. The molecule has 0 spiro atoms. The van der Waals surface area contributed by atoms with E-state index in [4.69, 9.17) is 0 Å². The molecule has 1 heterocycles. The van der Waals surface area contributed by atoms with Gasteiger partial charge in [0.05, 0.1) is 11.7 Å². The van der Waals surface area contributed by atoms with E-state index in [9.17, 15) is 27.9 Å². The van der Waals surface area contributed by atoms with E-state index < -0.39 is 29.7 Å². The van der Waals surface area contributed by atoms with Gasteiger partial charge in [-0.3, -0.25) is 9.59 Å². The van der Waals surface area contributed by atoms with Gasteiger partial charge in [0.25, 0.3) is 0 Å². The van der Waals surface area contributed by atoms with Gasteiger partial charge in [0.15, 0.2) is 0 Å². The number of benzene rings is 2. The van der Waals surface area contributed by atoms with E-state index in [-0.39, 0.29) is 12.2 Å². The minimum absolute atomic E-state index is 0.158. The molecule has 9 heteroatoms. The zero-order valence-electron chi connectivity index (χ0n) is 15.3. The van der Waals surface area contributed by atoms with Gasteiger partial charge < -0.3 is 20.3 Å². The number of hydrogen-bond acceptors (Lipinski definition) is 3. The highest BCUT2D eigenvalue weighted by Gasteiger charge is 2.30. The van der Waals surface area contributed by atoms with E-state index in [1.54, 1.807) is 6.20 Å². The fourth-order valence-electron chi connectivity index (χ4n) is 2.98. The lowest BCUT2D eigenvalue weighted by atomic mass is 10.1. The molecular formula is C20H18F3N3O3. The topological polar surface area (TPSA) is 83.4 Å². The van der Waals surface area contributed by atoms with E-state index in [0.717, 1.165) is 29.1 Å². The van der Waals surface area contributed by atoms with Gasteiger partial charge in [0.1, 0.15) is 0 Å². The highest BCUT2D eigenvalue weighted by atomic mass is 19.4. The van der Waals surface area contributed by atoms with Crippen LogP contribution in [0.1, 0.15) is 17.2 Å². The SMILES string of the molecule is Cn1cc([C@H](O)CNC(=O)C(=O)Nc2cccc(C(F)(F)F)c2)c2ccccc21. The Morgan fingerprint density at radius 1 is 1.10 bits per heavy atom. The molecule has 0 unspecified atom stereocenters. The van der Waals surface area contributed by atoms with Gasteiger partial charge >= 0.3 is 18.0 Å². The highest BCUT2D eigenvalue weighted by Crippen LogP contribution is 2.30. The van der Waals surface area contributed by atoms with Crippen LogP contribution in [0.25, 0.3) is 10.9 Å². The van der Waals surface area contributed by atoms with Crippen molar-refractivity contribution in [2.75, 3.05) is 11.9 Å². The average molecular weight is 405 g/mol. The lowest BCUT2D eigenvalue weighted by Crippen LogP contribution is -2.37. The van der Waals surface area contributed by atoms with E-state index in [0.29, 0.717) is 5.56 Å².